The van der Waals surface area contributed by atoms with Gasteiger partial charge in [0, 0.05) is 6.42 Å². The number of carboxylic acid groups (broad SMARTS) is 2. The Hall–Kier alpha value is -2.34. The van der Waals surface area contributed by atoms with Gasteiger partial charge in [-0.2, -0.15) is 0 Å². The number of benzene rings is 1. The van der Waals surface area contributed by atoms with Crippen LogP contribution in [-0.4, -0.2) is 81.3 Å². The van der Waals surface area contributed by atoms with E-state index in [0.29, 0.717) is 38.3 Å². The molecule has 37 heavy (non-hydrogen) atoms. The molecule has 0 aromatic heterocycles. The van der Waals surface area contributed by atoms with E-state index in [9.17, 15) is 30.0 Å². The summed E-state index contributed by atoms with van der Waals surface area (Å²) in [7, 11) is 0. The largest absolute Gasteiger partial charge is 0.481 e. The van der Waals surface area contributed by atoms with Crippen molar-refractivity contribution in [1.82, 2.24) is 5.32 Å². The second-order valence-electron chi connectivity index (χ2n) is 10.3. The number of rotatable bonds is 13. The number of ether oxygens (including phenoxy) is 2. The number of allylic oxidation sites excluding steroid dienone is 2. The van der Waals surface area contributed by atoms with E-state index in [4.69, 9.17) is 14.6 Å². The molecule has 1 heterocycles. The topological polar surface area (TPSA) is 166 Å². The Bertz CT molecular complexity index is 956. The maximum Gasteiger partial charge on any atom is 0.335 e. The monoisotopic (exact) mass is 519 g/mol. The minimum absolute atomic E-state index is 0.0155. The Labute approximate surface area is 215 Å². The number of fused-ring (bicyclic) bond motifs is 2. The molecule has 4 rings (SSSR count). The zero-order chi connectivity index (χ0) is 26.6. The zero-order valence-electron chi connectivity index (χ0n) is 20.7. The lowest BCUT2D eigenvalue weighted by molar-refractivity contribution is -0.331. The molecule has 1 saturated heterocycles. The van der Waals surface area contributed by atoms with Gasteiger partial charge in [0.25, 0.3) is 0 Å². The molecule has 1 saturated carbocycles. The zero-order valence-corrected chi connectivity index (χ0v) is 20.7. The van der Waals surface area contributed by atoms with Crippen molar-refractivity contribution >= 4 is 11.9 Å². The van der Waals surface area contributed by atoms with Crippen molar-refractivity contribution in [2.45, 2.75) is 74.8 Å². The summed E-state index contributed by atoms with van der Waals surface area (Å²) < 4.78 is 12.2. The molecule has 204 valence electrons. The van der Waals surface area contributed by atoms with E-state index in [-0.39, 0.29) is 18.3 Å². The number of hydrogen-bond donors (Lipinski definition) is 6. The van der Waals surface area contributed by atoms with E-state index < -0.39 is 48.2 Å². The molecular formula is C27H37NO9. The molecule has 1 aromatic rings. The van der Waals surface area contributed by atoms with Crippen LogP contribution in [0.5, 0.6) is 0 Å². The van der Waals surface area contributed by atoms with Gasteiger partial charge in [-0.25, -0.2) is 4.79 Å². The van der Waals surface area contributed by atoms with E-state index in [1.54, 1.807) is 0 Å². The van der Waals surface area contributed by atoms with Gasteiger partial charge in [0.1, 0.15) is 23.9 Å². The molecule has 1 aromatic carbocycles. The van der Waals surface area contributed by atoms with Crippen molar-refractivity contribution in [3.05, 3.63) is 48.0 Å². The molecule has 9 atom stereocenters. The molecule has 2 bridgehead atoms. The minimum Gasteiger partial charge on any atom is -0.481 e. The van der Waals surface area contributed by atoms with Crippen LogP contribution in [0.2, 0.25) is 0 Å². The predicted octanol–water partition coefficient (Wildman–Crippen LogP) is 1.24. The Kier molecular flexibility index (Phi) is 8.99. The fraction of sp³-hybridized carbons (Fsp3) is 0.630. The number of unbranched alkanes of at least 4 members (excludes halogenated alkanes) is 1. The van der Waals surface area contributed by atoms with Crippen LogP contribution in [0.4, 0.5) is 0 Å². The first kappa shape index (κ1) is 27.7. The van der Waals surface area contributed by atoms with Crippen LogP contribution in [-0.2, 0) is 24.7 Å². The van der Waals surface area contributed by atoms with Gasteiger partial charge in [-0.3, -0.25) is 4.79 Å². The van der Waals surface area contributed by atoms with Gasteiger partial charge < -0.3 is 40.3 Å². The summed E-state index contributed by atoms with van der Waals surface area (Å²) in [5.41, 5.74) is -0.118. The van der Waals surface area contributed by atoms with E-state index in [1.165, 1.54) is 0 Å². The molecule has 6 N–H and O–H groups in total. The second-order valence-corrected chi connectivity index (χ2v) is 10.3. The molecule has 0 amide bonds. The average Bonchev–Trinajstić information content (AvgIpc) is 3.52. The summed E-state index contributed by atoms with van der Waals surface area (Å²) in [6, 6.07) is 9.57. The van der Waals surface area contributed by atoms with E-state index in [2.05, 4.69) is 17.5 Å². The van der Waals surface area contributed by atoms with Gasteiger partial charge in [-0.15, -0.1) is 0 Å². The lowest BCUT2D eigenvalue weighted by atomic mass is 9.72. The van der Waals surface area contributed by atoms with Crippen molar-refractivity contribution < 1.29 is 44.6 Å². The van der Waals surface area contributed by atoms with E-state index in [1.807, 2.05) is 30.3 Å². The quantitative estimate of drug-likeness (QED) is 0.165. The molecule has 10 heteroatoms. The van der Waals surface area contributed by atoms with Crippen molar-refractivity contribution in [2.75, 3.05) is 13.1 Å². The van der Waals surface area contributed by atoms with Gasteiger partial charge in [-0.1, -0.05) is 42.5 Å². The SMILES string of the molecule is O=C(O)CCCCNCCC(OC1OC(C(=O)O)C(O)C(O)C1O)(c1ccccc1)C1CC2C=CC1C2. The standard InChI is InChI=1S/C27H37NO9/c29-20(30)8-4-5-12-28-13-11-27(18-6-2-1-3-7-18,19-15-16-9-10-17(19)14-16)37-26-23(33)21(31)22(32)24(36-26)25(34)35/h1-3,6-7,9-10,16-17,19,21-24,26,28,31-33H,4-5,8,11-15H2,(H,29,30)(H,34,35). The van der Waals surface area contributed by atoms with Crippen LogP contribution in [0.1, 0.15) is 44.1 Å². The summed E-state index contributed by atoms with van der Waals surface area (Å²) in [6.45, 7) is 1.15. The number of carbonyl (C=O) groups is 2. The highest BCUT2D eigenvalue weighted by Crippen LogP contribution is 2.55. The number of carboxylic acids is 2. The van der Waals surface area contributed by atoms with Gasteiger partial charge in [0.2, 0.25) is 0 Å². The highest BCUT2D eigenvalue weighted by atomic mass is 16.7. The van der Waals surface area contributed by atoms with Crippen LogP contribution >= 0.6 is 0 Å². The van der Waals surface area contributed by atoms with Crippen LogP contribution in [0.3, 0.4) is 0 Å². The fourth-order valence-corrected chi connectivity index (χ4v) is 6.08. The number of nitrogens with one attached hydrogen (secondary N) is 1. The van der Waals surface area contributed by atoms with Crippen molar-refractivity contribution in [2.24, 2.45) is 17.8 Å². The third-order valence-corrected chi connectivity index (χ3v) is 7.95. The molecule has 2 fully saturated rings. The number of hydrogen-bond acceptors (Lipinski definition) is 8. The van der Waals surface area contributed by atoms with Gasteiger partial charge in [0.15, 0.2) is 12.4 Å². The minimum atomic E-state index is -1.80. The first-order valence-corrected chi connectivity index (χ1v) is 13.0. The average molecular weight is 520 g/mol. The summed E-state index contributed by atoms with van der Waals surface area (Å²) >= 11 is 0. The summed E-state index contributed by atoms with van der Waals surface area (Å²) in [5, 5.41) is 53.1. The fourth-order valence-electron chi connectivity index (χ4n) is 6.08. The van der Waals surface area contributed by atoms with Crippen LogP contribution in [0.25, 0.3) is 0 Å². The van der Waals surface area contributed by atoms with Gasteiger partial charge >= 0.3 is 11.9 Å². The first-order valence-electron chi connectivity index (χ1n) is 13.0. The van der Waals surface area contributed by atoms with E-state index >= 15 is 0 Å². The molecule has 10 nitrogen and oxygen atoms in total. The Balaban J connectivity index is 1.60. The van der Waals surface area contributed by atoms with Crippen LogP contribution in [0, 0.1) is 17.8 Å². The Morgan fingerprint density at radius 3 is 2.35 bits per heavy atom. The van der Waals surface area contributed by atoms with Crippen LogP contribution in [0.15, 0.2) is 42.5 Å². The highest BCUT2D eigenvalue weighted by molar-refractivity contribution is 5.73. The molecule has 2 aliphatic carbocycles. The lowest BCUT2D eigenvalue weighted by Gasteiger charge is -2.48. The third kappa shape index (κ3) is 6.05. The van der Waals surface area contributed by atoms with Gasteiger partial charge in [0.05, 0.1) is 0 Å². The third-order valence-electron chi connectivity index (χ3n) is 7.95. The van der Waals surface area contributed by atoms with Crippen molar-refractivity contribution in [3.8, 4) is 0 Å². The molecule has 9 unspecified atom stereocenters. The molecular weight excluding hydrogens is 482 g/mol. The smallest absolute Gasteiger partial charge is 0.335 e. The normalized spacial score (nSPS) is 34.4. The maximum absolute atomic E-state index is 11.7. The molecule has 3 aliphatic rings. The number of aliphatic carboxylic acids is 2. The Morgan fingerprint density at radius 1 is 0.973 bits per heavy atom. The molecule has 0 radical (unpaired) electrons. The molecule has 0 spiro atoms. The summed E-state index contributed by atoms with van der Waals surface area (Å²) in [5.74, 6) is -1.63. The van der Waals surface area contributed by atoms with E-state index in [0.717, 1.165) is 18.4 Å². The number of aliphatic hydroxyl groups is 3. The molecule has 1 aliphatic heterocycles. The second kappa shape index (κ2) is 12.0. The van der Waals surface area contributed by atoms with Crippen molar-refractivity contribution in [3.63, 3.8) is 0 Å². The first-order chi connectivity index (χ1) is 17.7. The van der Waals surface area contributed by atoms with Gasteiger partial charge in [-0.05, 0) is 68.5 Å². The summed E-state index contributed by atoms with van der Waals surface area (Å²) in [6.07, 6.45) is -0.307. The van der Waals surface area contributed by atoms with Crippen molar-refractivity contribution in [1.29, 1.82) is 0 Å². The predicted molar refractivity (Wildman–Crippen MR) is 131 cm³/mol. The lowest BCUT2D eigenvalue weighted by Crippen LogP contribution is -2.62. The maximum atomic E-state index is 11.7. The highest BCUT2D eigenvalue weighted by Gasteiger charge is 2.55. The Morgan fingerprint density at radius 2 is 1.73 bits per heavy atom. The summed E-state index contributed by atoms with van der Waals surface area (Å²) in [4.78, 5) is 22.5. The number of aliphatic hydroxyl groups excluding tert-OH is 3. The van der Waals surface area contributed by atoms with Crippen LogP contribution < -0.4 is 5.32 Å².